The number of nitrogens with two attached hydrogens (primary N) is 1. The molecular formula is C9H8FN5. The number of halogens is 1. The van der Waals surface area contributed by atoms with Crippen LogP contribution in [0.4, 0.5) is 21.7 Å². The summed E-state index contributed by atoms with van der Waals surface area (Å²) in [5, 5.41) is 2.85. The fourth-order valence-electron chi connectivity index (χ4n) is 1.02. The molecule has 2 aromatic rings. The van der Waals surface area contributed by atoms with Crippen LogP contribution in [0.1, 0.15) is 0 Å². The molecule has 0 aromatic carbocycles. The Morgan fingerprint density at radius 3 is 2.60 bits per heavy atom. The summed E-state index contributed by atoms with van der Waals surface area (Å²) < 4.78 is 12.5. The third-order valence-corrected chi connectivity index (χ3v) is 1.72. The van der Waals surface area contributed by atoms with E-state index in [0.29, 0.717) is 11.4 Å². The van der Waals surface area contributed by atoms with Crippen LogP contribution in [0.2, 0.25) is 0 Å². The van der Waals surface area contributed by atoms with Gasteiger partial charge in [-0.05, 0) is 6.07 Å². The van der Waals surface area contributed by atoms with Gasteiger partial charge in [0.1, 0.15) is 0 Å². The maximum absolute atomic E-state index is 12.5. The van der Waals surface area contributed by atoms with Crippen LogP contribution < -0.4 is 11.1 Å². The first-order valence-corrected chi connectivity index (χ1v) is 4.20. The number of hydrogen-bond donors (Lipinski definition) is 2. The van der Waals surface area contributed by atoms with Crippen molar-refractivity contribution in [3.05, 3.63) is 36.7 Å². The van der Waals surface area contributed by atoms with Gasteiger partial charge >= 0.3 is 0 Å². The standard InChI is InChI=1S/C9H8FN5/c10-6-3-13-9(14-4-6)15-8-1-2-12-5-7(8)11/h1-5H,11H2,(H,12,13,14,15). The maximum atomic E-state index is 12.5. The second-order valence-electron chi connectivity index (χ2n) is 2.81. The van der Waals surface area contributed by atoms with Gasteiger partial charge in [-0.15, -0.1) is 0 Å². The summed E-state index contributed by atoms with van der Waals surface area (Å²) in [4.78, 5) is 11.3. The number of rotatable bonds is 2. The van der Waals surface area contributed by atoms with Crippen molar-refractivity contribution in [2.24, 2.45) is 0 Å². The fraction of sp³-hybridized carbons (Fsp3) is 0. The molecule has 0 saturated carbocycles. The Hall–Kier alpha value is -2.24. The van der Waals surface area contributed by atoms with Gasteiger partial charge in [0.05, 0.1) is 30.0 Å². The molecular weight excluding hydrogens is 197 g/mol. The quantitative estimate of drug-likeness (QED) is 0.773. The Morgan fingerprint density at radius 1 is 1.20 bits per heavy atom. The van der Waals surface area contributed by atoms with Gasteiger partial charge < -0.3 is 11.1 Å². The van der Waals surface area contributed by atoms with E-state index in [0.717, 1.165) is 12.4 Å². The van der Waals surface area contributed by atoms with Gasteiger partial charge in [-0.1, -0.05) is 0 Å². The minimum Gasteiger partial charge on any atom is -0.396 e. The van der Waals surface area contributed by atoms with Gasteiger partial charge in [-0.25, -0.2) is 14.4 Å². The molecule has 0 bridgehead atoms. The van der Waals surface area contributed by atoms with Gasteiger partial charge in [0.25, 0.3) is 0 Å². The highest BCUT2D eigenvalue weighted by Gasteiger charge is 2.00. The molecule has 0 aliphatic carbocycles. The number of nitrogens with zero attached hydrogens (tertiary/aromatic N) is 3. The first kappa shape index (κ1) is 9.32. The van der Waals surface area contributed by atoms with Gasteiger partial charge in [0, 0.05) is 6.20 Å². The topological polar surface area (TPSA) is 76.7 Å². The highest BCUT2D eigenvalue weighted by molar-refractivity contribution is 5.68. The van der Waals surface area contributed by atoms with E-state index in [1.54, 1.807) is 12.3 Å². The summed E-state index contributed by atoms with van der Waals surface area (Å²) in [6.07, 6.45) is 5.24. The van der Waals surface area contributed by atoms with Crippen LogP contribution >= 0.6 is 0 Å². The molecule has 6 heteroatoms. The number of anilines is 3. The molecule has 2 heterocycles. The summed E-state index contributed by atoms with van der Waals surface area (Å²) in [7, 11) is 0. The zero-order valence-electron chi connectivity index (χ0n) is 7.68. The van der Waals surface area contributed by atoms with Gasteiger partial charge in [0.2, 0.25) is 5.95 Å². The predicted octanol–water partition coefficient (Wildman–Crippen LogP) is 1.34. The van der Waals surface area contributed by atoms with Crippen LogP contribution in [0.15, 0.2) is 30.9 Å². The first-order chi connectivity index (χ1) is 7.25. The molecule has 0 spiro atoms. The third kappa shape index (κ3) is 2.16. The third-order valence-electron chi connectivity index (χ3n) is 1.72. The molecule has 76 valence electrons. The number of nitrogen functional groups attached to an aromatic ring is 1. The lowest BCUT2D eigenvalue weighted by Gasteiger charge is -2.05. The Kier molecular flexibility index (Phi) is 2.40. The molecule has 0 amide bonds. The summed E-state index contributed by atoms with van der Waals surface area (Å²) in [5.41, 5.74) is 6.76. The lowest BCUT2D eigenvalue weighted by atomic mass is 10.3. The van der Waals surface area contributed by atoms with E-state index < -0.39 is 5.82 Å². The molecule has 0 saturated heterocycles. The van der Waals surface area contributed by atoms with Crippen LogP contribution in [0, 0.1) is 5.82 Å². The van der Waals surface area contributed by atoms with E-state index in [-0.39, 0.29) is 5.95 Å². The average molecular weight is 205 g/mol. The van der Waals surface area contributed by atoms with Crippen LogP contribution in [0.5, 0.6) is 0 Å². The lowest BCUT2D eigenvalue weighted by Crippen LogP contribution is -2.00. The Morgan fingerprint density at radius 2 is 1.93 bits per heavy atom. The summed E-state index contributed by atoms with van der Waals surface area (Å²) in [6.45, 7) is 0. The fourth-order valence-corrected chi connectivity index (χ4v) is 1.02. The van der Waals surface area contributed by atoms with E-state index in [2.05, 4.69) is 20.3 Å². The lowest BCUT2D eigenvalue weighted by molar-refractivity contribution is 0.614. The second-order valence-corrected chi connectivity index (χ2v) is 2.81. The monoisotopic (exact) mass is 205 g/mol. The molecule has 0 fully saturated rings. The van der Waals surface area contributed by atoms with Crippen molar-refractivity contribution in [1.29, 1.82) is 0 Å². The minimum absolute atomic E-state index is 0.286. The molecule has 3 N–H and O–H groups in total. The smallest absolute Gasteiger partial charge is 0.227 e. The molecule has 15 heavy (non-hydrogen) atoms. The molecule has 2 rings (SSSR count). The zero-order valence-corrected chi connectivity index (χ0v) is 7.68. The predicted molar refractivity (Wildman–Crippen MR) is 53.9 cm³/mol. The maximum Gasteiger partial charge on any atom is 0.227 e. The van der Waals surface area contributed by atoms with E-state index >= 15 is 0 Å². The molecule has 0 aliphatic heterocycles. The Bertz CT molecular complexity index is 456. The zero-order chi connectivity index (χ0) is 10.7. The minimum atomic E-state index is -0.483. The van der Waals surface area contributed by atoms with Crippen molar-refractivity contribution in [3.8, 4) is 0 Å². The second kappa shape index (κ2) is 3.87. The Labute approximate surface area is 85.2 Å². The number of aromatic nitrogens is 3. The normalized spacial score (nSPS) is 9.93. The highest BCUT2D eigenvalue weighted by Crippen LogP contribution is 2.18. The average Bonchev–Trinajstić information content (AvgIpc) is 2.25. The van der Waals surface area contributed by atoms with Crippen LogP contribution in [-0.4, -0.2) is 15.0 Å². The van der Waals surface area contributed by atoms with Crippen molar-refractivity contribution >= 4 is 17.3 Å². The summed E-state index contributed by atoms with van der Waals surface area (Å²) in [6, 6.07) is 1.68. The molecule has 0 aliphatic rings. The van der Waals surface area contributed by atoms with Crippen LogP contribution in [0.3, 0.4) is 0 Å². The molecule has 0 atom stereocenters. The molecule has 0 unspecified atom stereocenters. The molecule has 0 radical (unpaired) electrons. The van der Waals surface area contributed by atoms with Gasteiger partial charge in [-0.3, -0.25) is 4.98 Å². The Balaban J connectivity index is 2.22. The molecule has 2 aromatic heterocycles. The van der Waals surface area contributed by atoms with Crippen LogP contribution in [0.25, 0.3) is 0 Å². The first-order valence-electron chi connectivity index (χ1n) is 4.20. The summed E-state index contributed by atoms with van der Waals surface area (Å²) in [5.74, 6) is -0.197. The highest BCUT2D eigenvalue weighted by atomic mass is 19.1. The van der Waals surface area contributed by atoms with Crippen molar-refractivity contribution in [1.82, 2.24) is 15.0 Å². The van der Waals surface area contributed by atoms with Crippen molar-refractivity contribution in [2.45, 2.75) is 0 Å². The SMILES string of the molecule is Nc1cnccc1Nc1ncc(F)cn1. The summed E-state index contributed by atoms with van der Waals surface area (Å²) >= 11 is 0. The number of hydrogen-bond acceptors (Lipinski definition) is 5. The largest absolute Gasteiger partial charge is 0.396 e. The molecule has 5 nitrogen and oxygen atoms in total. The van der Waals surface area contributed by atoms with Gasteiger partial charge in [-0.2, -0.15) is 0 Å². The van der Waals surface area contributed by atoms with E-state index in [1.807, 2.05) is 0 Å². The van der Waals surface area contributed by atoms with E-state index in [1.165, 1.54) is 6.20 Å². The van der Waals surface area contributed by atoms with Crippen LogP contribution in [-0.2, 0) is 0 Å². The van der Waals surface area contributed by atoms with Crippen molar-refractivity contribution < 1.29 is 4.39 Å². The number of pyridine rings is 1. The van der Waals surface area contributed by atoms with E-state index in [4.69, 9.17) is 5.73 Å². The van der Waals surface area contributed by atoms with Crippen molar-refractivity contribution in [2.75, 3.05) is 11.1 Å². The van der Waals surface area contributed by atoms with Gasteiger partial charge in [0.15, 0.2) is 5.82 Å². The number of nitrogens with one attached hydrogen (secondary N) is 1. The van der Waals surface area contributed by atoms with Crippen molar-refractivity contribution in [3.63, 3.8) is 0 Å². The van der Waals surface area contributed by atoms with E-state index in [9.17, 15) is 4.39 Å².